The maximum absolute atomic E-state index is 6.24. The van der Waals surface area contributed by atoms with Crippen molar-refractivity contribution in [2.75, 3.05) is 0 Å². The molecule has 98 valence electrons. The summed E-state index contributed by atoms with van der Waals surface area (Å²) in [4.78, 5) is 4.11. The van der Waals surface area contributed by atoms with E-state index in [1.165, 1.54) is 0 Å². The number of hydrogen-bond donors (Lipinski definition) is 0. The molecule has 1 unspecified atom stereocenters. The van der Waals surface area contributed by atoms with E-state index in [2.05, 4.69) is 11.9 Å². The third kappa shape index (κ3) is 3.30. The third-order valence-corrected chi connectivity index (χ3v) is 3.81. The van der Waals surface area contributed by atoms with E-state index in [9.17, 15) is 0 Å². The fourth-order valence-electron chi connectivity index (χ4n) is 1.96. The summed E-state index contributed by atoms with van der Waals surface area (Å²) in [7, 11) is 0. The van der Waals surface area contributed by atoms with Crippen LogP contribution in [0.4, 0.5) is 0 Å². The highest BCUT2D eigenvalue weighted by Gasteiger charge is 2.16. The van der Waals surface area contributed by atoms with Crippen molar-refractivity contribution < 1.29 is 0 Å². The highest BCUT2D eigenvalue weighted by molar-refractivity contribution is 6.35. The van der Waals surface area contributed by atoms with Crippen molar-refractivity contribution in [1.29, 1.82) is 0 Å². The van der Waals surface area contributed by atoms with Gasteiger partial charge in [-0.2, -0.15) is 0 Å². The number of pyridine rings is 1. The number of allylic oxidation sites excluding steroid dienone is 1. The van der Waals surface area contributed by atoms with Crippen LogP contribution in [0.1, 0.15) is 24.0 Å². The average Bonchev–Trinajstić information content (AvgIpc) is 2.40. The van der Waals surface area contributed by atoms with E-state index in [-0.39, 0.29) is 5.92 Å². The summed E-state index contributed by atoms with van der Waals surface area (Å²) in [5, 5.41) is 1.26. The molecule has 0 aliphatic heterocycles. The van der Waals surface area contributed by atoms with Crippen LogP contribution in [0.2, 0.25) is 10.0 Å². The van der Waals surface area contributed by atoms with Crippen molar-refractivity contribution in [3.63, 3.8) is 0 Å². The van der Waals surface area contributed by atoms with Gasteiger partial charge < -0.3 is 0 Å². The van der Waals surface area contributed by atoms with Crippen molar-refractivity contribution in [2.45, 2.75) is 12.8 Å². The molecule has 0 aliphatic rings. The van der Waals surface area contributed by atoms with Gasteiger partial charge in [-0.25, -0.2) is 0 Å². The second-order valence-electron chi connectivity index (χ2n) is 4.19. The molecule has 0 radical (unpaired) electrons. The van der Waals surface area contributed by atoms with Gasteiger partial charge in [0.15, 0.2) is 0 Å². The van der Waals surface area contributed by atoms with E-state index >= 15 is 0 Å². The quantitative estimate of drug-likeness (QED) is 0.701. The smallest absolute Gasteiger partial charge is 0.0458 e. The first-order chi connectivity index (χ1) is 9.13. The molecule has 0 fully saturated rings. The van der Waals surface area contributed by atoms with Gasteiger partial charge in [0.2, 0.25) is 0 Å². The van der Waals surface area contributed by atoms with E-state index in [0.717, 1.165) is 16.7 Å². The van der Waals surface area contributed by atoms with Gasteiger partial charge in [-0.3, -0.25) is 4.98 Å². The van der Waals surface area contributed by atoms with E-state index in [4.69, 9.17) is 34.8 Å². The first-order valence-corrected chi connectivity index (χ1v) is 6.98. The largest absolute Gasteiger partial charge is 0.264 e. The maximum Gasteiger partial charge on any atom is 0.0458 e. The molecular weight excluding hydrogens is 301 g/mol. The predicted octanol–water partition coefficient (Wildman–Crippen LogP) is 5.77. The van der Waals surface area contributed by atoms with Crippen LogP contribution >= 0.6 is 34.8 Å². The number of hydrogen-bond acceptors (Lipinski definition) is 1. The molecule has 2 aromatic rings. The van der Waals surface area contributed by atoms with E-state index < -0.39 is 0 Å². The lowest BCUT2D eigenvalue weighted by Gasteiger charge is -2.17. The molecule has 0 N–H and O–H groups in total. The van der Waals surface area contributed by atoms with Gasteiger partial charge in [0.1, 0.15) is 0 Å². The number of nitrogens with zero attached hydrogens (tertiary/aromatic N) is 1. The lowest BCUT2D eigenvalue weighted by molar-refractivity contribution is 0.988. The van der Waals surface area contributed by atoms with Crippen LogP contribution in [0.5, 0.6) is 0 Å². The Morgan fingerprint density at radius 2 is 2.05 bits per heavy atom. The van der Waals surface area contributed by atoms with Crippen molar-refractivity contribution in [3.05, 3.63) is 69.4 Å². The average molecular weight is 313 g/mol. The Kier molecular flexibility index (Phi) is 4.87. The highest BCUT2D eigenvalue weighted by atomic mass is 35.5. The van der Waals surface area contributed by atoms with Crippen LogP contribution in [0.25, 0.3) is 5.57 Å². The summed E-state index contributed by atoms with van der Waals surface area (Å²) in [5.74, 6) is 0.0615. The summed E-state index contributed by atoms with van der Waals surface area (Å²) in [6.45, 7) is 2.05. The number of benzene rings is 1. The van der Waals surface area contributed by atoms with Gasteiger partial charge in [-0.15, -0.1) is 0 Å². The second kappa shape index (κ2) is 6.42. The summed E-state index contributed by atoms with van der Waals surface area (Å²) < 4.78 is 0. The van der Waals surface area contributed by atoms with Crippen LogP contribution in [-0.2, 0) is 0 Å². The molecule has 0 bridgehead atoms. The second-order valence-corrected chi connectivity index (χ2v) is 5.26. The van der Waals surface area contributed by atoms with E-state index in [1.807, 2.05) is 24.3 Å². The topological polar surface area (TPSA) is 12.9 Å². The Bertz CT molecular complexity index is 594. The minimum absolute atomic E-state index is 0.0615. The maximum atomic E-state index is 6.24. The number of aromatic nitrogens is 1. The van der Waals surface area contributed by atoms with Gasteiger partial charge in [-0.1, -0.05) is 53.9 Å². The van der Waals surface area contributed by atoms with Crippen molar-refractivity contribution >= 4 is 40.4 Å². The zero-order valence-electron chi connectivity index (χ0n) is 10.3. The molecule has 1 atom stereocenters. The Morgan fingerprint density at radius 1 is 1.26 bits per heavy atom. The molecule has 1 heterocycles. The van der Waals surface area contributed by atoms with Crippen LogP contribution in [-0.4, -0.2) is 4.98 Å². The lowest BCUT2D eigenvalue weighted by Crippen LogP contribution is -1.99. The Morgan fingerprint density at radius 3 is 2.63 bits per heavy atom. The van der Waals surface area contributed by atoms with Crippen LogP contribution < -0.4 is 0 Å². The Balaban J connectivity index is 2.40. The molecule has 0 aliphatic carbocycles. The Labute approximate surface area is 127 Å². The van der Waals surface area contributed by atoms with E-state index in [0.29, 0.717) is 10.0 Å². The monoisotopic (exact) mass is 311 g/mol. The zero-order chi connectivity index (χ0) is 13.8. The minimum Gasteiger partial charge on any atom is -0.264 e. The number of halogens is 3. The van der Waals surface area contributed by atoms with Gasteiger partial charge >= 0.3 is 0 Å². The molecule has 1 aromatic heterocycles. The fraction of sp³-hybridized carbons (Fsp3) is 0.133. The molecule has 2 rings (SSSR count). The minimum atomic E-state index is 0.0615. The zero-order valence-corrected chi connectivity index (χ0v) is 12.5. The first-order valence-electron chi connectivity index (χ1n) is 5.79. The van der Waals surface area contributed by atoms with Crippen molar-refractivity contribution in [2.24, 2.45) is 0 Å². The van der Waals surface area contributed by atoms with Crippen LogP contribution in [0.15, 0.2) is 48.3 Å². The van der Waals surface area contributed by atoms with Crippen LogP contribution in [0.3, 0.4) is 0 Å². The standard InChI is InChI=1S/C15H12Cl3N/c1-10(13-5-4-12(17)7-15(13)18)14(8-16)11-3-2-6-19-9-11/h2-10H,1H3/b14-8-. The van der Waals surface area contributed by atoms with Gasteiger partial charge in [0.05, 0.1) is 0 Å². The molecule has 1 nitrogen and oxygen atoms in total. The number of rotatable bonds is 3. The summed E-state index contributed by atoms with van der Waals surface area (Å²) in [6, 6.07) is 9.35. The summed E-state index contributed by atoms with van der Waals surface area (Å²) >= 11 is 18.1. The molecule has 19 heavy (non-hydrogen) atoms. The fourth-order valence-corrected chi connectivity index (χ4v) is 2.85. The van der Waals surface area contributed by atoms with Gasteiger partial charge in [0, 0.05) is 33.9 Å². The molecular formula is C15H12Cl3N. The summed E-state index contributed by atoms with van der Waals surface area (Å²) in [5.41, 5.74) is 4.52. The van der Waals surface area contributed by atoms with Gasteiger partial charge in [-0.05, 0) is 34.9 Å². The Hall–Kier alpha value is -1.02. The van der Waals surface area contributed by atoms with Crippen molar-refractivity contribution in [1.82, 2.24) is 4.98 Å². The molecule has 0 saturated carbocycles. The predicted molar refractivity (Wildman–Crippen MR) is 82.9 cm³/mol. The summed E-state index contributed by atoms with van der Waals surface area (Å²) in [6.07, 6.45) is 3.52. The molecule has 0 spiro atoms. The molecule has 1 aromatic carbocycles. The van der Waals surface area contributed by atoms with Crippen LogP contribution in [0, 0.1) is 0 Å². The molecule has 0 amide bonds. The normalized spacial score (nSPS) is 13.4. The van der Waals surface area contributed by atoms with Crippen molar-refractivity contribution in [3.8, 4) is 0 Å². The molecule has 4 heteroatoms. The SMILES string of the molecule is CC(/C(=C/Cl)c1cccnc1)c1ccc(Cl)cc1Cl. The highest BCUT2D eigenvalue weighted by Crippen LogP contribution is 2.36. The van der Waals surface area contributed by atoms with Gasteiger partial charge in [0.25, 0.3) is 0 Å². The first kappa shape index (κ1) is 14.4. The third-order valence-electron chi connectivity index (χ3n) is 3.01. The van der Waals surface area contributed by atoms with E-state index in [1.54, 1.807) is 24.0 Å². The lowest BCUT2D eigenvalue weighted by atomic mass is 9.90. The molecule has 0 saturated heterocycles.